The molecule has 2 rings (SSSR count). The van der Waals surface area contributed by atoms with E-state index in [2.05, 4.69) is 4.74 Å². The number of carbonyl (C=O) groups excluding carboxylic acids is 2. The van der Waals surface area contributed by atoms with Gasteiger partial charge in [0.15, 0.2) is 0 Å². The normalized spacial score (nSPS) is 32.3. The van der Waals surface area contributed by atoms with Crippen LogP contribution in [0, 0.1) is 11.8 Å². The minimum absolute atomic E-state index is 0. The first-order chi connectivity index (χ1) is 5.29. The van der Waals surface area contributed by atoms with Crippen molar-refractivity contribution >= 4 is 11.9 Å². The summed E-state index contributed by atoms with van der Waals surface area (Å²) in [5, 5.41) is 0. The van der Waals surface area contributed by atoms with E-state index in [9.17, 15) is 9.59 Å². The number of cyclic esters (lactones) is 2. The molecule has 4 nitrogen and oxygen atoms in total. The topological polar surface area (TPSA) is 74.9 Å². The molecule has 12 heavy (non-hydrogen) atoms. The van der Waals surface area contributed by atoms with Gasteiger partial charge in [0.1, 0.15) is 0 Å². The summed E-state index contributed by atoms with van der Waals surface area (Å²) in [4.78, 5) is 21.9. The molecule has 2 unspecified atom stereocenters. The monoisotopic (exact) mass is 170 g/mol. The van der Waals surface area contributed by atoms with Gasteiger partial charge in [0, 0.05) is 0 Å². The van der Waals surface area contributed by atoms with Crippen LogP contribution in [0.2, 0.25) is 0 Å². The van der Waals surface area contributed by atoms with Crippen molar-refractivity contribution in [1.82, 2.24) is 0 Å². The van der Waals surface area contributed by atoms with Gasteiger partial charge in [-0.15, -0.1) is 0 Å². The Hall–Kier alpha value is -1.16. The average Bonchev–Trinajstić information content (AvgIpc) is 2.30. The summed E-state index contributed by atoms with van der Waals surface area (Å²) < 4.78 is 4.49. The molecule has 2 N–H and O–H groups in total. The number of esters is 2. The van der Waals surface area contributed by atoms with Gasteiger partial charge in [-0.25, -0.2) is 0 Å². The number of ether oxygens (including phenoxy) is 1. The first kappa shape index (κ1) is 8.93. The highest BCUT2D eigenvalue weighted by Crippen LogP contribution is 2.32. The maximum atomic E-state index is 10.9. The Labute approximate surface area is 69.5 Å². The minimum Gasteiger partial charge on any atom is -0.412 e. The van der Waals surface area contributed by atoms with Crippen LogP contribution in [0.4, 0.5) is 0 Å². The molecule has 0 radical (unpaired) electrons. The molecular formula is C8H10O4. The van der Waals surface area contributed by atoms with E-state index in [1.807, 2.05) is 12.2 Å². The van der Waals surface area contributed by atoms with Gasteiger partial charge in [0.05, 0.1) is 11.8 Å². The molecule has 1 fully saturated rings. The zero-order chi connectivity index (χ0) is 7.84. The molecule has 1 aliphatic carbocycles. The first-order valence-corrected chi connectivity index (χ1v) is 3.69. The van der Waals surface area contributed by atoms with Gasteiger partial charge in [0.2, 0.25) is 0 Å². The van der Waals surface area contributed by atoms with Crippen LogP contribution < -0.4 is 0 Å². The molecule has 1 aliphatic heterocycles. The molecule has 2 atom stereocenters. The molecule has 0 amide bonds. The van der Waals surface area contributed by atoms with Gasteiger partial charge in [-0.3, -0.25) is 9.59 Å². The molecule has 66 valence electrons. The van der Waals surface area contributed by atoms with E-state index in [-0.39, 0.29) is 29.3 Å². The van der Waals surface area contributed by atoms with E-state index in [1.54, 1.807) is 0 Å². The third kappa shape index (κ3) is 1.14. The quantitative estimate of drug-likeness (QED) is 0.287. The number of hydrogen-bond donors (Lipinski definition) is 0. The van der Waals surface area contributed by atoms with E-state index < -0.39 is 0 Å². The Balaban J connectivity index is 0.000000720. The van der Waals surface area contributed by atoms with Gasteiger partial charge in [-0.2, -0.15) is 0 Å². The predicted octanol–water partition coefficient (Wildman–Crippen LogP) is -0.173. The lowest BCUT2D eigenvalue weighted by atomic mass is 9.85. The van der Waals surface area contributed by atoms with Crippen molar-refractivity contribution in [3.63, 3.8) is 0 Å². The summed E-state index contributed by atoms with van der Waals surface area (Å²) in [7, 11) is 0. The SMILES string of the molecule is O.O=C1OC(=O)C2CC=CCC12. The molecule has 2 aliphatic rings. The smallest absolute Gasteiger partial charge is 0.317 e. The summed E-state index contributed by atoms with van der Waals surface area (Å²) in [6.45, 7) is 0. The fourth-order valence-electron chi connectivity index (χ4n) is 1.59. The first-order valence-electron chi connectivity index (χ1n) is 3.69. The highest BCUT2D eigenvalue weighted by atomic mass is 16.6. The minimum atomic E-state index is -0.343. The van der Waals surface area contributed by atoms with Gasteiger partial charge >= 0.3 is 11.9 Å². The summed E-state index contributed by atoms with van der Waals surface area (Å²) >= 11 is 0. The fraction of sp³-hybridized carbons (Fsp3) is 0.500. The van der Waals surface area contributed by atoms with Gasteiger partial charge in [-0.1, -0.05) is 12.2 Å². The molecule has 1 saturated heterocycles. The van der Waals surface area contributed by atoms with E-state index in [0.717, 1.165) is 0 Å². The second kappa shape index (κ2) is 3.06. The van der Waals surface area contributed by atoms with Crippen LogP contribution in [0.5, 0.6) is 0 Å². The van der Waals surface area contributed by atoms with Gasteiger partial charge in [-0.05, 0) is 12.8 Å². The molecule has 0 aromatic heterocycles. The van der Waals surface area contributed by atoms with Crippen molar-refractivity contribution < 1.29 is 19.8 Å². The maximum Gasteiger partial charge on any atom is 0.317 e. The van der Waals surface area contributed by atoms with Crippen LogP contribution in [0.15, 0.2) is 12.2 Å². The summed E-state index contributed by atoms with van der Waals surface area (Å²) in [6, 6.07) is 0. The molecule has 1 heterocycles. The number of allylic oxidation sites excluding steroid dienone is 2. The Morgan fingerprint density at radius 1 is 1.08 bits per heavy atom. The number of carbonyl (C=O) groups is 2. The number of fused-ring (bicyclic) bond motifs is 1. The Morgan fingerprint density at radius 3 is 1.92 bits per heavy atom. The standard InChI is InChI=1S/C8H8O3.H2O/c9-7-5-3-1-2-4-6(5)8(10)11-7;/h1-2,5-6H,3-4H2;1H2. The summed E-state index contributed by atoms with van der Waals surface area (Å²) in [6.07, 6.45) is 5.19. The summed E-state index contributed by atoms with van der Waals surface area (Å²) in [5.74, 6) is -1.06. The predicted molar refractivity (Wildman–Crippen MR) is 40.1 cm³/mol. The Kier molecular flexibility index (Phi) is 2.28. The van der Waals surface area contributed by atoms with E-state index in [1.165, 1.54) is 0 Å². The lowest BCUT2D eigenvalue weighted by Crippen LogP contribution is -2.18. The van der Waals surface area contributed by atoms with Crippen molar-refractivity contribution in [2.24, 2.45) is 11.8 Å². The van der Waals surface area contributed by atoms with E-state index in [0.29, 0.717) is 12.8 Å². The third-order valence-corrected chi connectivity index (χ3v) is 2.24. The van der Waals surface area contributed by atoms with Crippen LogP contribution in [-0.2, 0) is 14.3 Å². The second-order valence-corrected chi connectivity index (χ2v) is 2.90. The number of rotatable bonds is 0. The van der Waals surface area contributed by atoms with Crippen molar-refractivity contribution in [2.45, 2.75) is 12.8 Å². The van der Waals surface area contributed by atoms with Crippen LogP contribution in [0.25, 0.3) is 0 Å². The van der Waals surface area contributed by atoms with Crippen LogP contribution in [-0.4, -0.2) is 17.4 Å². The molecule has 4 heteroatoms. The molecular weight excluding hydrogens is 160 g/mol. The highest BCUT2D eigenvalue weighted by Gasteiger charge is 2.43. The van der Waals surface area contributed by atoms with Crippen LogP contribution in [0.3, 0.4) is 0 Å². The van der Waals surface area contributed by atoms with Crippen molar-refractivity contribution in [2.75, 3.05) is 0 Å². The maximum absolute atomic E-state index is 10.9. The van der Waals surface area contributed by atoms with Crippen LogP contribution >= 0.6 is 0 Å². The van der Waals surface area contributed by atoms with E-state index in [4.69, 9.17) is 0 Å². The zero-order valence-corrected chi connectivity index (χ0v) is 6.45. The molecule has 0 saturated carbocycles. The molecule has 0 spiro atoms. The largest absolute Gasteiger partial charge is 0.412 e. The molecule has 0 bridgehead atoms. The van der Waals surface area contributed by atoms with Crippen molar-refractivity contribution in [3.05, 3.63) is 12.2 Å². The fourth-order valence-corrected chi connectivity index (χ4v) is 1.59. The Morgan fingerprint density at radius 2 is 1.50 bits per heavy atom. The van der Waals surface area contributed by atoms with Gasteiger partial charge in [0.25, 0.3) is 0 Å². The number of hydrogen-bond acceptors (Lipinski definition) is 3. The Bertz CT molecular complexity index is 219. The lowest BCUT2D eigenvalue weighted by Gasteiger charge is -2.12. The summed E-state index contributed by atoms with van der Waals surface area (Å²) in [5.41, 5.74) is 0. The second-order valence-electron chi connectivity index (χ2n) is 2.90. The van der Waals surface area contributed by atoms with Crippen molar-refractivity contribution in [3.8, 4) is 0 Å². The van der Waals surface area contributed by atoms with Crippen molar-refractivity contribution in [1.29, 1.82) is 0 Å². The molecule has 0 aromatic rings. The van der Waals surface area contributed by atoms with Crippen LogP contribution in [0.1, 0.15) is 12.8 Å². The third-order valence-electron chi connectivity index (χ3n) is 2.24. The molecule has 0 aromatic carbocycles. The highest BCUT2D eigenvalue weighted by molar-refractivity contribution is 5.96. The lowest BCUT2D eigenvalue weighted by molar-refractivity contribution is -0.153. The zero-order valence-electron chi connectivity index (χ0n) is 6.45. The van der Waals surface area contributed by atoms with Gasteiger partial charge < -0.3 is 10.2 Å². The van der Waals surface area contributed by atoms with E-state index >= 15 is 0 Å². The average molecular weight is 170 g/mol.